The number of carbonyl (C=O) groups excluding carboxylic acids is 1. The first-order valence-corrected chi connectivity index (χ1v) is 12.6. The van der Waals surface area contributed by atoms with Crippen molar-refractivity contribution >= 4 is 17.7 Å². The topological polar surface area (TPSA) is 41.6 Å². The maximum atomic E-state index is 13.3. The van der Waals surface area contributed by atoms with Gasteiger partial charge in [-0.25, -0.2) is 0 Å². The summed E-state index contributed by atoms with van der Waals surface area (Å²) < 4.78 is 85.5. The number of ether oxygens (including phenoxy) is 1. The zero-order valence-corrected chi connectivity index (χ0v) is 20.3. The van der Waals surface area contributed by atoms with Crippen LogP contribution in [0.25, 0.3) is 0 Å². The monoisotopic (exact) mass is 532 g/mol. The van der Waals surface area contributed by atoms with Gasteiger partial charge in [0.25, 0.3) is 0 Å². The zero-order valence-electron chi connectivity index (χ0n) is 19.5. The average molecular weight is 533 g/mol. The van der Waals surface area contributed by atoms with E-state index in [9.17, 15) is 31.1 Å². The third-order valence-corrected chi connectivity index (χ3v) is 7.51. The largest absolute Gasteiger partial charge is 0.416 e. The second-order valence-corrected chi connectivity index (χ2v) is 10.1. The zero-order chi connectivity index (χ0) is 26.1. The lowest BCUT2D eigenvalue weighted by atomic mass is 9.85. The molecule has 1 amide bonds. The minimum Gasteiger partial charge on any atom is -0.373 e. The number of nitrogens with one attached hydrogen (secondary N) is 1. The molecule has 2 aliphatic rings. The molecule has 196 valence electrons. The lowest BCUT2D eigenvalue weighted by Gasteiger charge is -2.40. The standard InChI is InChI=1S/C25H26F6N2O2S/c1-15-4-2-3-5-19(15)20-11-33(23(34)21-13-36-14-32-21)7-6-22(20)35-12-16-8-17(24(26,27)28)10-18(9-16)25(29,30)31/h2-5,8-10,20-22,32H,6-7,11-14H2,1H3/t20-,21?,22-/m0/s1. The molecule has 1 unspecified atom stereocenters. The van der Waals surface area contributed by atoms with Crippen molar-refractivity contribution in [1.29, 1.82) is 0 Å². The highest BCUT2D eigenvalue weighted by molar-refractivity contribution is 7.99. The van der Waals surface area contributed by atoms with E-state index < -0.39 is 36.2 Å². The summed E-state index contributed by atoms with van der Waals surface area (Å²) in [5.74, 6) is 1.10. The molecular weight excluding hydrogens is 506 g/mol. The van der Waals surface area contributed by atoms with Gasteiger partial charge in [-0.2, -0.15) is 26.3 Å². The molecule has 0 saturated carbocycles. The molecule has 0 aromatic heterocycles. The van der Waals surface area contributed by atoms with Gasteiger partial charge in [0.05, 0.1) is 29.9 Å². The Balaban J connectivity index is 1.56. The minimum atomic E-state index is -4.92. The Morgan fingerprint density at radius 1 is 1.08 bits per heavy atom. The van der Waals surface area contributed by atoms with Crippen LogP contribution in [0.2, 0.25) is 0 Å². The van der Waals surface area contributed by atoms with Crippen LogP contribution in [0.5, 0.6) is 0 Å². The molecule has 4 rings (SSSR count). The van der Waals surface area contributed by atoms with Gasteiger partial charge in [-0.3, -0.25) is 10.1 Å². The summed E-state index contributed by atoms with van der Waals surface area (Å²) in [4.78, 5) is 14.8. The molecule has 11 heteroatoms. The molecule has 1 N–H and O–H groups in total. The number of hydrogen-bond acceptors (Lipinski definition) is 4. The highest BCUT2D eigenvalue weighted by Gasteiger charge is 2.39. The van der Waals surface area contributed by atoms with Gasteiger partial charge in [-0.15, -0.1) is 11.8 Å². The number of carbonyl (C=O) groups is 1. The van der Waals surface area contributed by atoms with Crippen molar-refractivity contribution in [2.75, 3.05) is 24.7 Å². The Labute approximate surface area is 209 Å². The smallest absolute Gasteiger partial charge is 0.373 e. The summed E-state index contributed by atoms with van der Waals surface area (Å²) in [6.45, 7) is 2.26. The number of thioether (sulfide) groups is 1. The van der Waals surface area contributed by atoms with Crippen molar-refractivity contribution in [3.8, 4) is 0 Å². The summed E-state index contributed by atoms with van der Waals surface area (Å²) in [5, 5.41) is 3.17. The number of rotatable bonds is 5. The minimum absolute atomic E-state index is 0.00951. The van der Waals surface area contributed by atoms with Crippen LogP contribution in [-0.2, 0) is 28.5 Å². The number of halogens is 6. The number of alkyl halides is 6. The molecule has 2 saturated heterocycles. The van der Waals surface area contributed by atoms with Crippen molar-refractivity contribution in [2.24, 2.45) is 0 Å². The Bertz CT molecular complexity index is 1050. The van der Waals surface area contributed by atoms with E-state index in [1.807, 2.05) is 31.2 Å². The van der Waals surface area contributed by atoms with Gasteiger partial charge in [0.1, 0.15) is 0 Å². The quantitative estimate of drug-likeness (QED) is 0.510. The number of aryl methyl sites for hydroxylation is 1. The molecule has 2 aliphatic heterocycles. The third-order valence-electron chi connectivity index (χ3n) is 6.57. The SMILES string of the molecule is Cc1ccccc1[C@@H]1CN(C(=O)C2CSCN2)CC[C@@H]1OCc1cc(C(F)(F)F)cc(C(F)(F)F)c1. The van der Waals surface area contributed by atoms with E-state index in [4.69, 9.17) is 4.74 Å². The second kappa shape index (κ2) is 10.6. The summed E-state index contributed by atoms with van der Waals surface area (Å²) in [7, 11) is 0. The fourth-order valence-electron chi connectivity index (χ4n) is 4.71. The Morgan fingerprint density at radius 3 is 2.33 bits per heavy atom. The summed E-state index contributed by atoms with van der Waals surface area (Å²) in [5.41, 5.74) is -1.03. The van der Waals surface area contributed by atoms with Gasteiger partial charge in [0.15, 0.2) is 0 Å². The Hall–Kier alpha value is -2.24. The van der Waals surface area contributed by atoms with Crippen LogP contribution in [0, 0.1) is 6.92 Å². The summed E-state index contributed by atoms with van der Waals surface area (Å²) in [6.07, 6.45) is -9.91. The molecule has 2 fully saturated rings. The predicted molar refractivity (Wildman–Crippen MR) is 124 cm³/mol. The number of benzene rings is 2. The number of piperidine rings is 1. The van der Waals surface area contributed by atoms with Crippen molar-refractivity contribution in [2.45, 2.75) is 50.4 Å². The number of amides is 1. The molecule has 2 heterocycles. The normalized spacial score (nSPS) is 23.2. The van der Waals surface area contributed by atoms with Crippen LogP contribution in [0.1, 0.15) is 40.2 Å². The Morgan fingerprint density at radius 2 is 1.75 bits per heavy atom. The molecule has 0 spiro atoms. The lowest BCUT2D eigenvalue weighted by Crippen LogP contribution is -2.51. The van der Waals surface area contributed by atoms with Gasteiger partial charge in [0.2, 0.25) is 5.91 Å². The maximum Gasteiger partial charge on any atom is 0.416 e. The van der Waals surface area contributed by atoms with Crippen molar-refractivity contribution in [3.63, 3.8) is 0 Å². The molecule has 2 aromatic carbocycles. The van der Waals surface area contributed by atoms with Crippen molar-refractivity contribution in [3.05, 3.63) is 70.3 Å². The molecule has 2 aromatic rings. The van der Waals surface area contributed by atoms with Crippen LogP contribution in [-0.4, -0.2) is 47.7 Å². The first-order chi connectivity index (χ1) is 16.9. The number of likely N-dealkylation sites (tertiary alicyclic amines) is 1. The average Bonchev–Trinajstić information content (AvgIpc) is 3.36. The highest BCUT2D eigenvalue weighted by Crippen LogP contribution is 2.37. The first kappa shape index (κ1) is 26.8. The van der Waals surface area contributed by atoms with Crippen molar-refractivity contribution < 1.29 is 35.9 Å². The first-order valence-electron chi connectivity index (χ1n) is 11.5. The van der Waals surface area contributed by atoms with Crippen LogP contribution in [0.15, 0.2) is 42.5 Å². The van der Waals surface area contributed by atoms with E-state index in [0.29, 0.717) is 43.3 Å². The lowest BCUT2D eigenvalue weighted by molar-refractivity contribution is -0.143. The summed E-state index contributed by atoms with van der Waals surface area (Å²) in [6, 6.07) is 8.80. The maximum absolute atomic E-state index is 13.3. The van der Waals surface area contributed by atoms with Gasteiger partial charge >= 0.3 is 12.4 Å². The Kier molecular flexibility index (Phi) is 7.92. The predicted octanol–water partition coefficient (Wildman–Crippen LogP) is 5.60. The van der Waals surface area contributed by atoms with E-state index in [2.05, 4.69) is 5.32 Å². The van der Waals surface area contributed by atoms with E-state index >= 15 is 0 Å². The van der Waals surface area contributed by atoms with E-state index in [0.717, 1.165) is 11.1 Å². The molecular formula is C25H26F6N2O2S. The van der Waals surface area contributed by atoms with Crippen LogP contribution < -0.4 is 5.32 Å². The van der Waals surface area contributed by atoms with Gasteiger partial charge in [-0.05, 0) is 48.2 Å². The fraction of sp³-hybridized carbons (Fsp3) is 0.480. The van der Waals surface area contributed by atoms with E-state index in [1.54, 1.807) is 16.7 Å². The van der Waals surface area contributed by atoms with Gasteiger partial charge < -0.3 is 9.64 Å². The summed E-state index contributed by atoms with van der Waals surface area (Å²) >= 11 is 1.64. The van der Waals surface area contributed by atoms with Crippen LogP contribution in [0.3, 0.4) is 0 Å². The van der Waals surface area contributed by atoms with Crippen molar-refractivity contribution in [1.82, 2.24) is 10.2 Å². The van der Waals surface area contributed by atoms with E-state index in [1.165, 1.54) is 0 Å². The van der Waals surface area contributed by atoms with Gasteiger partial charge in [-0.1, -0.05) is 24.3 Å². The third kappa shape index (κ3) is 6.18. The molecule has 0 radical (unpaired) electrons. The van der Waals surface area contributed by atoms with Gasteiger partial charge in [0, 0.05) is 30.6 Å². The molecule has 3 atom stereocenters. The van der Waals surface area contributed by atoms with Crippen LogP contribution >= 0.6 is 11.8 Å². The molecule has 0 bridgehead atoms. The fourth-order valence-corrected chi connectivity index (χ4v) is 5.64. The molecule has 4 nitrogen and oxygen atoms in total. The molecule has 0 aliphatic carbocycles. The van der Waals surface area contributed by atoms with Crippen LogP contribution in [0.4, 0.5) is 26.3 Å². The number of hydrogen-bond donors (Lipinski definition) is 1. The highest BCUT2D eigenvalue weighted by atomic mass is 32.2. The second-order valence-electron chi connectivity index (χ2n) is 9.07. The molecule has 36 heavy (non-hydrogen) atoms. The number of nitrogens with zero attached hydrogens (tertiary/aromatic N) is 1. The van der Waals surface area contributed by atoms with E-state index in [-0.39, 0.29) is 29.5 Å².